The van der Waals surface area contributed by atoms with Crippen LogP contribution >= 0.6 is 11.6 Å². The molecule has 2 nitrogen and oxygen atoms in total. The van der Waals surface area contributed by atoms with Crippen LogP contribution in [0.2, 0.25) is 5.02 Å². The summed E-state index contributed by atoms with van der Waals surface area (Å²) in [7, 11) is 0. The van der Waals surface area contributed by atoms with Crippen LogP contribution in [0.5, 0.6) is 0 Å². The summed E-state index contributed by atoms with van der Waals surface area (Å²) < 4.78 is 24.4. The molecule has 0 radical (unpaired) electrons. The molecular formula is C17H16ClF2NO. The van der Waals surface area contributed by atoms with Gasteiger partial charge >= 0.3 is 0 Å². The van der Waals surface area contributed by atoms with Gasteiger partial charge in [0.2, 0.25) is 5.91 Å². The highest BCUT2D eigenvalue weighted by atomic mass is 35.5. The third kappa shape index (κ3) is 4.53. The number of nitrogens with one attached hydrogen (secondary N) is 1. The molecule has 0 fully saturated rings. The van der Waals surface area contributed by atoms with Crippen LogP contribution in [0.3, 0.4) is 0 Å². The minimum absolute atomic E-state index is 0.0699. The molecule has 1 N–H and O–H groups in total. The Balaban J connectivity index is 2.24. The SMILES string of the molecule is O=C(CC(c1ccccc1)c1ccccc1Cl)NCC(F)F. The van der Waals surface area contributed by atoms with Crippen molar-refractivity contribution >= 4 is 17.5 Å². The lowest BCUT2D eigenvalue weighted by atomic mass is 9.88. The van der Waals surface area contributed by atoms with Crippen molar-refractivity contribution in [3.8, 4) is 0 Å². The van der Waals surface area contributed by atoms with Crippen LogP contribution in [-0.4, -0.2) is 18.9 Å². The standard InChI is InChI=1S/C17H16ClF2NO/c18-15-9-5-4-8-13(15)14(12-6-2-1-3-7-12)10-17(22)21-11-16(19)20/h1-9,14,16H,10-11H2,(H,21,22). The Bertz CT molecular complexity index is 619. The van der Waals surface area contributed by atoms with E-state index in [0.717, 1.165) is 11.1 Å². The van der Waals surface area contributed by atoms with Crippen molar-refractivity contribution in [3.63, 3.8) is 0 Å². The van der Waals surface area contributed by atoms with Gasteiger partial charge in [-0.25, -0.2) is 8.78 Å². The van der Waals surface area contributed by atoms with E-state index in [4.69, 9.17) is 11.6 Å². The lowest BCUT2D eigenvalue weighted by Gasteiger charge is -2.19. The molecule has 116 valence electrons. The van der Waals surface area contributed by atoms with Gasteiger partial charge in [0.15, 0.2) is 0 Å². The van der Waals surface area contributed by atoms with Gasteiger partial charge in [-0.1, -0.05) is 60.1 Å². The van der Waals surface area contributed by atoms with Gasteiger partial charge in [-0.05, 0) is 17.2 Å². The second kappa shape index (κ2) is 7.90. The number of hydrogen-bond donors (Lipinski definition) is 1. The zero-order valence-corrected chi connectivity index (χ0v) is 12.6. The third-order valence-corrected chi connectivity index (χ3v) is 3.67. The Labute approximate surface area is 133 Å². The van der Waals surface area contributed by atoms with Crippen molar-refractivity contribution in [2.24, 2.45) is 0 Å². The average molecular weight is 324 g/mol. The fourth-order valence-corrected chi connectivity index (χ4v) is 2.57. The van der Waals surface area contributed by atoms with E-state index < -0.39 is 18.9 Å². The Morgan fingerprint density at radius 3 is 2.32 bits per heavy atom. The smallest absolute Gasteiger partial charge is 0.255 e. The Morgan fingerprint density at radius 1 is 1.05 bits per heavy atom. The van der Waals surface area contributed by atoms with Gasteiger partial charge < -0.3 is 5.32 Å². The van der Waals surface area contributed by atoms with Gasteiger partial charge in [0.1, 0.15) is 0 Å². The summed E-state index contributed by atoms with van der Waals surface area (Å²) in [5, 5.41) is 2.79. The topological polar surface area (TPSA) is 29.1 Å². The maximum atomic E-state index is 12.2. The molecule has 1 amide bonds. The summed E-state index contributed by atoms with van der Waals surface area (Å²) in [6.45, 7) is -0.636. The first kappa shape index (κ1) is 16.4. The van der Waals surface area contributed by atoms with E-state index in [9.17, 15) is 13.6 Å². The Morgan fingerprint density at radius 2 is 1.68 bits per heavy atom. The zero-order valence-electron chi connectivity index (χ0n) is 11.8. The van der Waals surface area contributed by atoms with Crippen LogP contribution < -0.4 is 5.32 Å². The number of benzene rings is 2. The van der Waals surface area contributed by atoms with Crippen LogP contribution in [0.15, 0.2) is 54.6 Å². The second-order valence-corrected chi connectivity index (χ2v) is 5.29. The van der Waals surface area contributed by atoms with Gasteiger partial charge in [0.25, 0.3) is 6.43 Å². The van der Waals surface area contributed by atoms with Crippen molar-refractivity contribution in [1.82, 2.24) is 5.32 Å². The molecule has 2 aromatic rings. The quantitative estimate of drug-likeness (QED) is 0.846. The largest absolute Gasteiger partial charge is 0.350 e. The second-order valence-electron chi connectivity index (χ2n) is 4.88. The first-order chi connectivity index (χ1) is 10.6. The van der Waals surface area contributed by atoms with Crippen LogP contribution in [-0.2, 0) is 4.79 Å². The highest BCUT2D eigenvalue weighted by Crippen LogP contribution is 2.32. The van der Waals surface area contributed by atoms with Gasteiger partial charge in [-0.2, -0.15) is 0 Å². The summed E-state index contributed by atoms with van der Waals surface area (Å²) in [5.74, 6) is -0.693. The highest BCUT2D eigenvalue weighted by Gasteiger charge is 2.20. The highest BCUT2D eigenvalue weighted by molar-refractivity contribution is 6.31. The average Bonchev–Trinajstić information content (AvgIpc) is 2.52. The molecule has 1 unspecified atom stereocenters. The maximum Gasteiger partial charge on any atom is 0.255 e. The molecule has 0 spiro atoms. The molecule has 0 aliphatic heterocycles. The molecule has 0 bridgehead atoms. The van der Waals surface area contributed by atoms with Gasteiger partial charge in [-0.3, -0.25) is 4.79 Å². The van der Waals surface area contributed by atoms with Crippen LogP contribution in [0, 0.1) is 0 Å². The molecule has 0 saturated heterocycles. The fraction of sp³-hybridized carbons (Fsp3) is 0.235. The van der Waals surface area contributed by atoms with Crippen molar-refractivity contribution in [3.05, 3.63) is 70.7 Å². The van der Waals surface area contributed by atoms with Crippen LogP contribution in [0.25, 0.3) is 0 Å². The Kier molecular flexibility index (Phi) is 5.90. The zero-order chi connectivity index (χ0) is 15.9. The van der Waals surface area contributed by atoms with Crippen molar-refractivity contribution in [2.75, 3.05) is 6.54 Å². The number of carbonyl (C=O) groups is 1. The summed E-state index contributed by atoms with van der Waals surface area (Å²) >= 11 is 6.23. The van der Waals surface area contributed by atoms with Crippen molar-refractivity contribution < 1.29 is 13.6 Å². The van der Waals surface area contributed by atoms with Crippen molar-refractivity contribution in [1.29, 1.82) is 0 Å². The number of halogens is 3. The lowest BCUT2D eigenvalue weighted by Crippen LogP contribution is -2.29. The molecule has 1 atom stereocenters. The monoisotopic (exact) mass is 323 g/mol. The van der Waals surface area contributed by atoms with E-state index in [1.165, 1.54) is 0 Å². The minimum Gasteiger partial charge on any atom is -0.350 e. The van der Waals surface area contributed by atoms with E-state index in [2.05, 4.69) is 5.32 Å². The predicted octanol–water partition coefficient (Wildman–Crippen LogP) is 4.24. The maximum absolute atomic E-state index is 12.2. The van der Waals surface area contributed by atoms with E-state index in [0.29, 0.717) is 5.02 Å². The van der Waals surface area contributed by atoms with Crippen molar-refractivity contribution in [2.45, 2.75) is 18.8 Å². The lowest BCUT2D eigenvalue weighted by molar-refractivity contribution is -0.121. The van der Waals surface area contributed by atoms with E-state index in [1.807, 2.05) is 48.5 Å². The molecule has 0 saturated carbocycles. The summed E-state index contributed by atoms with van der Waals surface area (Å²) in [4.78, 5) is 11.9. The molecule has 22 heavy (non-hydrogen) atoms. The number of carbonyl (C=O) groups excluding carboxylic acids is 1. The number of hydrogen-bond acceptors (Lipinski definition) is 1. The minimum atomic E-state index is -2.56. The van der Waals surface area contributed by atoms with Crippen LogP contribution in [0.4, 0.5) is 8.78 Å². The molecule has 0 aliphatic rings. The molecule has 2 rings (SSSR count). The summed E-state index contributed by atoms with van der Waals surface area (Å²) in [5.41, 5.74) is 1.73. The first-order valence-electron chi connectivity index (χ1n) is 6.92. The third-order valence-electron chi connectivity index (χ3n) is 3.33. The van der Waals surface area contributed by atoms with Crippen LogP contribution in [0.1, 0.15) is 23.5 Å². The molecule has 5 heteroatoms. The van der Waals surface area contributed by atoms with E-state index >= 15 is 0 Å². The summed E-state index contributed by atoms with van der Waals surface area (Å²) in [6.07, 6.45) is -2.49. The fourth-order valence-electron chi connectivity index (χ4n) is 2.30. The summed E-state index contributed by atoms with van der Waals surface area (Å²) in [6, 6.07) is 16.7. The van der Waals surface area contributed by atoms with Gasteiger partial charge in [0, 0.05) is 17.4 Å². The van der Waals surface area contributed by atoms with E-state index in [1.54, 1.807) is 6.07 Å². The number of alkyl halides is 2. The molecule has 0 aliphatic carbocycles. The van der Waals surface area contributed by atoms with E-state index in [-0.39, 0.29) is 12.3 Å². The molecule has 0 heterocycles. The van der Waals surface area contributed by atoms with Gasteiger partial charge in [0.05, 0.1) is 6.54 Å². The molecule has 0 aromatic heterocycles. The van der Waals surface area contributed by atoms with Gasteiger partial charge in [-0.15, -0.1) is 0 Å². The molecular weight excluding hydrogens is 308 g/mol. The normalized spacial score (nSPS) is 12.2. The Hall–Kier alpha value is -1.94. The molecule has 2 aromatic carbocycles. The predicted molar refractivity (Wildman–Crippen MR) is 83.4 cm³/mol. The number of amides is 1. The first-order valence-corrected chi connectivity index (χ1v) is 7.30. The number of rotatable bonds is 6.